The third-order valence-electron chi connectivity index (χ3n) is 4.32. The Morgan fingerprint density at radius 2 is 2.32 bits per heavy atom. The topological polar surface area (TPSA) is 51.0 Å². The van der Waals surface area contributed by atoms with Gasteiger partial charge in [-0.1, -0.05) is 0 Å². The van der Waals surface area contributed by atoms with E-state index in [1.165, 1.54) is 5.56 Å². The number of amides is 1. The fourth-order valence-electron chi connectivity index (χ4n) is 3.19. The van der Waals surface area contributed by atoms with Crippen molar-refractivity contribution in [2.75, 3.05) is 6.54 Å². The molecule has 5 heteroatoms. The molecule has 0 aliphatic carbocycles. The van der Waals surface area contributed by atoms with E-state index in [-0.39, 0.29) is 5.91 Å². The number of nitrogens with zero attached hydrogens (tertiary/aromatic N) is 4. The second-order valence-corrected chi connectivity index (χ2v) is 6.04. The smallest absolute Gasteiger partial charge is 0.257 e. The number of carbonyl (C=O) groups is 1. The van der Waals surface area contributed by atoms with Gasteiger partial charge in [-0.3, -0.25) is 14.5 Å². The van der Waals surface area contributed by atoms with Gasteiger partial charge in [-0.15, -0.1) is 0 Å². The molecule has 0 radical (unpaired) electrons. The summed E-state index contributed by atoms with van der Waals surface area (Å²) in [5.74, 6) is 0.113. The molecule has 0 spiro atoms. The molecule has 0 aromatic carbocycles. The highest BCUT2D eigenvalue weighted by atomic mass is 16.2. The highest BCUT2D eigenvalue weighted by Gasteiger charge is 2.29. The molecule has 3 rings (SSSR count). The largest absolute Gasteiger partial charge is 0.336 e. The molecular weight excluding hydrogens is 276 g/mol. The summed E-state index contributed by atoms with van der Waals surface area (Å²) in [7, 11) is 1.84. The Kier molecular flexibility index (Phi) is 4.22. The molecule has 1 atom stereocenters. The summed E-state index contributed by atoms with van der Waals surface area (Å²) in [5.41, 5.74) is 3.04. The van der Waals surface area contributed by atoms with Crippen LogP contribution in [0.4, 0.5) is 0 Å². The standard InChI is InChI=1S/C17H22N4O/c1-13-10-14(7-8-18-13)5-6-16-4-3-9-21(16)17(22)15-11-19-20(2)12-15/h7-8,10-12,16H,3-6,9H2,1-2H3. The number of pyridine rings is 1. The van der Waals surface area contributed by atoms with E-state index < -0.39 is 0 Å². The number of aromatic nitrogens is 3. The van der Waals surface area contributed by atoms with Gasteiger partial charge < -0.3 is 4.90 Å². The lowest BCUT2D eigenvalue weighted by molar-refractivity contribution is 0.0730. The van der Waals surface area contributed by atoms with Crippen LogP contribution in [0.5, 0.6) is 0 Å². The van der Waals surface area contributed by atoms with Crippen molar-refractivity contribution in [3.63, 3.8) is 0 Å². The van der Waals surface area contributed by atoms with E-state index in [0.717, 1.165) is 37.9 Å². The lowest BCUT2D eigenvalue weighted by Crippen LogP contribution is -2.35. The quantitative estimate of drug-likeness (QED) is 0.870. The second-order valence-electron chi connectivity index (χ2n) is 6.04. The number of carbonyl (C=O) groups excluding carboxylic acids is 1. The number of rotatable bonds is 4. The van der Waals surface area contributed by atoms with Crippen LogP contribution in [0.3, 0.4) is 0 Å². The van der Waals surface area contributed by atoms with Gasteiger partial charge >= 0.3 is 0 Å². The molecule has 2 aromatic heterocycles. The van der Waals surface area contributed by atoms with E-state index in [1.54, 1.807) is 17.1 Å². The van der Waals surface area contributed by atoms with Gasteiger partial charge in [0.15, 0.2) is 0 Å². The van der Waals surface area contributed by atoms with Crippen molar-refractivity contribution >= 4 is 5.91 Å². The first kappa shape index (κ1) is 14.8. The summed E-state index contributed by atoms with van der Waals surface area (Å²) < 4.78 is 1.68. The maximum Gasteiger partial charge on any atom is 0.257 e. The Hall–Kier alpha value is -2.17. The molecule has 5 nitrogen and oxygen atoms in total. The van der Waals surface area contributed by atoms with E-state index in [9.17, 15) is 4.79 Å². The molecule has 116 valence electrons. The predicted molar refractivity (Wildman–Crippen MR) is 84.6 cm³/mol. The molecule has 1 amide bonds. The van der Waals surface area contributed by atoms with Crippen molar-refractivity contribution in [2.45, 2.75) is 38.6 Å². The molecule has 2 aromatic rings. The van der Waals surface area contributed by atoms with Gasteiger partial charge in [-0.2, -0.15) is 5.10 Å². The Labute approximate surface area is 131 Å². The first-order valence-electron chi connectivity index (χ1n) is 7.84. The van der Waals surface area contributed by atoms with Crippen LogP contribution in [-0.2, 0) is 13.5 Å². The highest BCUT2D eigenvalue weighted by Crippen LogP contribution is 2.24. The average molecular weight is 298 g/mol. The van der Waals surface area contributed by atoms with Gasteiger partial charge in [-0.05, 0) is 50.3 Å². The van der Waals surface area contributed by atoms with Crippen LogP contribution in [0.15, 0.2) is 30.7 Å². The zero-order chi connectivity index (χ0) is 15.5. The van der Waals surface area contributed by atoms with Crippen LogP contribution in [0.25, 0.3) is 0 Å². The second kappa shape index (κ2) is 6.30. The minimum absolute atomic E-state index is 0.113. The zero-order valence-electron chi connectivity index (χ0n) is 13.2. The van der Waals surface area contributed by atoms with Gasteiger partial charge in [0.1, 0.15) is 0 Å². The van der Waals surface area contributed by atoms with Gasteiger partial charge in [-0.25, -0.2) is 0 Å². The summed E-state index contributed by atoms with van der Waals surface area (Å²) in [4.78, 5) is 18.8. The van der Waals surface area contributed by atoms with Crippen LogP contribution < -0.4 is 0 Å². The van der Waals surface area contributed by atoms with Crippen LogP contribution in [0.1, 0.15) is 40.9 Å². The van der Waals surface area contributed by atoms with Crippen molar-refractivity contribution in [1.29, 1.82) is 0 Å². The highest BCUT2D eigenvalue weighted by molar-refractivity contribution is 5.94. The normalized spacial score (nSPS) is 17.9. The van der Waals surface area contributed by atoms with Crippen LogP contribution in [0, 0.1) is 6.92 Å². The summed E-state index contributed by atoms with van der Waals surface area (Å²) in [6.07, 6.45) is 9.49. The average Bonchev–Trinajstić information content (AvgIpc) is 3.13. The molecule has 0 bridgehead atoms. The fraction of sp³-hybridized carbons (Fsp3) is 0.471. The maximum atomic E-state index is 12.6. The first-order valence-corrected chi connectivity index (χ1v) is 7.84. The molecular formula is C17H22N4O. The number of likely N-dealkylation sites (tertiary alicyclic amines) is 1. The van der Waals surface area contributed by atoms with E-state index >= 15 is 0 Å². The summed E-state index contributed by atoms with van der Waals surface area (Å²) in [6.45, 7) is 2.87. The number of hydrogen-bond donors (Lipinski definition) is 0. The number of hydrogen-bond acceptors (Lipinski definition) is 3. The lowest BCUT2D eigenvalue weighted by atomic mass is 10.0. The van der Waals surface area contributed by atoms with Gasteiger partial charge in [0.05, 0.1) is 11.8 Å². The SMILES string of the molecule is Cc1cc(CCC2CCCN2C(=O)c2cnn(C)c2)ccn1. The molecule has 3 heterocycles. The van der Waals surface area contributed by atoms with E-state index in [1.807, 2.05) is 25.1 Å². The van der Waals surface area contributed by atoms with Crippen molar-refractivity contribution < 1.29 is 4.79 Å². The van der Waals surface area contributed by atoms with Gasteiger partial charge in [0.2, 0.25) is 0 Å². The molecule has 1 fully saturated rings. The van der Waals surface area contributed by atoms with E-state index in [2.05, 4.69) is 22.2 Å². The van der Waals surface area contributed by atoms with Crippen molar-refractivity contribution in [3.8, 4) is 0 Å². The minimum atomic E-state index is 0.113. The molecule has 1 aliphatic rings. The molecule has 0 saturated carbocycles. The molecule has 1 saturated heterocycles. The number of aryl methyl sites for hydroxylation is 3. The molecule has 0 N–H and O–H groups in total. The zero-order valence-corrected chi connectivity index (χ0v) is 13.2. The molecule has 1 unspecified atom stereocenters. The van der Waals surface area contributed by atoms with Crippen LogP contribution in [-0.4, -0.2) is 38.2 Å². The van der Waals surface area contributed by atoms with Crippen molar-refractivity contribution in [1.82, 2.24) is 19.7 Å². The Bertz CT molecular complexity index is 664. The van der Waals surface area contributed by atoms with Gasteiger partial charge in [0, 0.05) is 37.7 Å². The lowest BCUT2D eigenvalue weighted by Gasteiger charge is -2.24. The summed E-state index contributed by atoms with van der Waals surface area (Å²) >= 11 is 0. The molecule has 1 aliphatic heterocycles. The summed E-state index contributed by atoms with van der Waals surface area (Å²) in [5, 5.41) is 4.10. The Morgan fingerprint density at radius 1 is 1.45 bits per heavy atom. The van der Waals surface area contributed by atoms with Crippen molar-refractivity contribution in [2.24, 2.45) is 7.05 Å². The molecule has 22 heavy (non-hydrogen) atoms. The predicted octanol–water partition coefficient (Wildman–Crippen LogP) is 2.36. The third kappa shape index (κ3) is 3.18. The first-order chi connectivity index (χ1) is 10.6. The van der Waals surface area contributed by atoms with E-state index in [4.69, 9.17) is 0 Å². The van der Waals surface area contributed by atoms with Crippen molar-refractivity contribution in [3.05, 3.63) is 47.5 Å². The Balaban J connectivity index is 1.64. The minimum Gasteiger partial charge on any atom is -0.336 e. The third-order valence-corrected chi connectivity index (χ3v) is 4.32. The monoisotopic (exact) mass is 298 g/mol. The Morgan fingerprint density at radius 3 is 3.05 bits per heavy atom. The van der Waals surface area contributed by atoms with Crippen LogP contribution in [0.2, 0.25) is 0 Å². The fourth-order valence-corrected chi connectivity index (χ4v) is 3.19. The maximum absolute atomic E-state index is 12.6. The van der Waals surface area contributed by atoms with Crippen LogP contribution >= 0.6 is 0 Å². The summed E-state index contributed by atoms with van der Waals surface area (Å²) in [6, 6.07) is 4.53. The van der Waals surface area contributed by atoms with Gasteiger partial charge in [0.25, 0.3) is 5.91 Å². The van der Waals surface area contributed by atoms with E-state index in [0.29, 0.717) is 11.6 Å².